The molecule has 3 N–H and O–H groups in total. The smallest absolute Gasteiger partial charge is 0.250 e. The number of amides is 1. The number of nitrogens with zero attached hydrogens (tertiary/aromatic N) is 1. The van der Waals surface area contributed by atoms with E-state index in [2.05, 4.69) is 24.1 Å². The monoisotopic (exact) mass is 347 g/mol. The minimum Gasteiger partial charge on any atom is -0.496 e. The fraction of sp³-hybridized carbons (Fsp3) is 0.333. The number of hydrogen-bond acceptors (Lipinski definition) is 4. The number of benzene rings is 1. The van der Waals surface area contributed by atoms with Crippen molar-refractivity contribution in [1.29, 1.82) is 0 Å². The summed E-state index contributed by atoms with van der Waals surface area (Å²) in [5, 5.41) is 3.73. The Hall–Kier alpha value is -2.27. The molecule has 1 aromatic carbocycles. The van der Waals surface area contributed by atoms with Crippen LogP contribution in [0.15, 0.2) is 36.5 Å². The lowest BCUT2D eigenvalue weighted by atomic mass is 9.96. The van der Waals surface area contributed by atoms with Gasteiger partial charge in [0.2, 0.25) is 5.91 Å². The molecule has 0 aliphatic carbocycles. The second kappa shape index (κ2) is 8.02. The van der Waals surface area contributed by atoms with Crippen LogP contribution in [0, 0.1) is 5.92 Å². The van der Waals surface area contributed by atoms with Gasteiger partial charge < -0.3 is 15.8 Å². The number of nitrogens with one attached hydrogen (secondary N) is 1. The number of methoxy groups -OCH3 is 1. The van der Waals surface area contributed by atoms with Crippen molar-refractivity contribution in [3.05, 3.63) is 52.7 Å². The highest BCUT2D eigenvalue weighted by atomic mass is 35.5. The van der Waals surface area contributed by atoms with Gasteiger partial charge in [-0.2, -0.15) is 0 Å². The molecule has 0 aliphatic rings. The molecular weight excluding hydrogens is 326 g/mol. The lowest BCUT2D eigenvalue weighted by Gasteiger charge is -2.24. The molecule has 0 radical (unpaired) electrons. The highest BCUT2D eigenvalue weighted by Gasteiger charge is 2.18. The number of hydrogen-bond donors (Lipinski definition) is 2. The van der Waals surface area contributed by atoms with Crippen molar-refractivity contribution in [2.75, 3.05) is 12.4 Å². The van der Waals surface area contributed by atoms with Gasteiger partial charge in [-0.1, -0.05) is 43.6 Å². The van der Waals surface area contributed by atoms with E-state index < -0.39 is 5.91 Å². The fourth-order valence-corrected chi connectivity index (χ4v) is 2.64. The first-order valence-corrected chi connectivity index (χ1v) is 8.14. The molecule has 1 unspecified atom stereocenters. The quantitative estimate of drug-likeness (QED) is 0.803. The van der Waals surface area contributed by atoms with E-state index in [9.17, 15) is 4.79 Å². The number of anilines is 1. The molecule has 1 heterocycles. The first-order chi connectivity index (χ1) is 11.4. The van der Waals surface area contributed by atoms with Gasteiger partial charge in [0.15, 0.2) is 0 Å². The van der Waals surface area contributed by atoms with Crippen molar-refractivity contribution in [2.24, 2.45) is 11.7 Å². The third-order valence-electron chi connectivity index (χ3n) is 3.88. The van der Waals surface area contributed by atoms with Gasteiger partial charge in [-0.05, 0) is 30.0 Å². The predicted octanol–water partition coefficient (Wildman–Crippen LogP) is 3.52. The zero-order chi connectivity index (χ0) is 17.7. The van der Waals surface area contributed by atoms with Crippen LogP contribution in [0.3, 0.4) is 0 Å². The Kier molecular flexibility index (Phi) is 6.04. The second-order valence-electron chi connectivity index (χ2n) is 5.93. The first-order valence-electron chi connectivity index (χ1n) is 7.76. The minimum atomic E-state index is -0.551. The van der Waals surface area contributed by atoms with E-state index in [0.29, 0.717) is 16.8 Å². The summed E-state index contributed by atoms with van der Waals surface area (Å²) in [7, 11) is 1.66. The van der Waals surface area contributed by atoms with E-state index in [0.717, 1.165) is 17.7 Å². The first kappa shape index (κ1) is 18.1. The SMILES string of the molecule is COc1ccccc1CC(Nc1ncc(C(N)=O)cc1Cl)C(C)C. The summed E-state index contributed by atoms with van der Waals surface area (Å²) in [4.78, 5) is 15.4. The van der Waals surface area contributed by atoms with Crippen molar-refractivity contribution in [3.63, 3.8) is 0 Å². The molecule has 0 bridgehead atoms. The molecule has 2 rings (SSSR count). The van der Waals surface area contributed by atoms with Crippen molar-refractivity contribution < 1.29 is 9.53 Å². The summed E-state index contributed by atoms with van der Waals surface area (Å²) in [6, 6.07) is 9.55. The van der Waals surface area contributed by atoms with E-state index in [1.54, 1.807) is 7.11 Å². The molecule has 0 spiro atoms. The van der Waals surface area contributed by atoms with E-state index in [-0.39, 0.29) is 11.6 Å². The summed E-state index contributed by atoms with van der Waals surface area (Å²) in [5.41, 5.74) is 6.64. The number of nitrogens with two attached hydrogens (primary N) is 1. The average molecular weight is 348 g/mol. The third kappa shape index (κ3) is 4.38. The van der Waals surface area contributed by atoms with Crippen molar-refractivity contribution in [3.8, 4) is 5.75 Å². The molecule has 0 fully saturated rings. The van der Waals surface area contributed by atoms with E-state index in [1.165, 1.54) is 12.3 Å². The second-order valence-corrected chi connectivity index (χ2v) is 6.34. The Morgan fingerprint density at radius 2 is 2.08 bits per heavy atom. The molecule has 6 heteroatoms. The van der Waals surface area contributed by atoms with Crippen LogP contribution in [-0.4, -0.2) is 24.0 Å². The largest absolute Gasteiger partial charge is 0.496 e. The summed E-state index contributed by atoms with van der Waals surface area (Å²) >= 11 is 6.23. The number of rotatable bonds is 7. The number of primary amides is 1. The van der Waals surface area contributed by atoms with Gasteiger partial charge in [-0.15, -0.1) is 0 Å². The standard InChI is InChI=1S/C18H22ClN3O2/c1-11(2)15(9-12-6-4-5-7-16(12)24-3)22-18-14(19)8-13(10-21-18)17(20)23/h4-8,10-11,15H,9H2,1-3H3,(H2,20,23)(H,21,22). The normalized spacial score (nSPS) is 12.0. The maximum absolute atomic E-state index is 11.2. The average Bonchev–Trinajstić information content (AvgIpc) is 2.55. The number of ether oxygens (including phenoxy) is 1. The molecule has 128 valence electrons. The van der Waals surface area contributed by atoms with E-state index in [4.69, 9.17) is 22.1 Å². The van der Waals surface area contributed by atoms with Crippen LogP contribution in [0.25, 0.3) is 0 Å². The Labute approximate surface area is 147 Å². The van der Waals surface area contributed by atoms with Gasteiger partial charge in [0.1, 0.15) is 11.6 Å². The molecule has 1 amide bonds. The van der Waals surface area contributed by atoms with Crippen LogP contribution >= 0.6 is 11.6 Å². The van der Waals surface area contributed by atoms with Gasteiger partial charge >= 0.3 is 0 Å². The summed E-state index contributed by atoms with van der Waals surface area (Å²) in [6.07, 6.45) is 2.19. The summed E-state index contributed by atoms with van der Waals surface area (Å²) in [5.74, 6) is 1.18. The molecule has 0 aliphatic heterocycles. The van der Waals surface area contributed by atoms with Crippen LogP contribution in [0.4, 0.5) is 5.82 Å². The number of pyridine rings is 1. The summed E-state index contributed by atoms with van der Waals surface area (Å²) < 4.78 is 5.42. The number of para-hydroxylation sites is 1. The van der Waals surface area contributed by atoms with Gasteiger partial charge in [0.05, 0.1) is 17.7 Å². The maximum atomic E-state index is 11.2. The lowest BCUT2D eigenvalue weighted by Crippen LogP contribution is -2.29. The van der Waals surface area contributed by atoms with Crippen LogP contribution in [0.5, 0.6) is 5.75 Å². The van der Waals surface area contributed by atoms with Crippen molar-refractivity contribution in [1.82, 2.24) is 4.98 Å². The Morgan fingerprint density at radius 1 is 1.38 bits per heavy atom. The highest BCUT2D eigenvalue weighted by molar-refractivity contribution is 6.33. The highest BCUT2D eigenvalue weighted by Crippen LogP contribution is 2.26. The molecule has 2 aromatic rings. The Morgan fingerprint density at radius 3 is 2.67 bits per heavy atom. The Bertz CT molecular complexity index is 719. The van der Waals surface area contributed by atoms with Gasteiger partial charge in [0.25, 0.3) is 0 Å². The zero-order valence-electron chi connectivity index (χ0n) is 14.0. The fourth-order valence-electron chi connectivity index (χ4n) is 2.42. The molecule has 0 saturated heterocycles. The minimum absolute atomic E-state index is 0.103. The van der Waals surface area contributed by atoms with E-state index in [1.807, 2.05) is 24.3 Å². The Balaban J connectivity index is 2.21. The number of carbonyl (C=O) groups excluding carboxylic acids is 1. The van der Waals surface area contributed by atoms with Crippen molar-refractivity contribution >= 4 is 23.3 Å². The van der Waals surface area contributed by atoms with E-state index >= 15 is 0 Å². The van der Waals surface area contributed by atoms with Gasteiger partial charge in [-0.25, -0.2) is 4.98 Å². The molecule has 1 atom stereocenters. The van der Waals surface area contributed by atoms with Crippen LogP contribution in [0.2, 0.25) is 5.02 Å². The van der Waals surface area contributed by atoms with Gasteiger partial charge in [-0.3, -0.25) is 4.79 Å². The maximum Gasteiger partial charge on any atom is 0.250 e. The van der Waals surface area contributed by atoms with Crippen LogP contribution in [-0.2, 0) is 6.42 Å². The van der Waals surface area contributed by atoms with Crippen LogP contribution in [0.1, 0.15) is 29.8 Å². The van der Waals surface area contributed by atoms with Gasteiger partial charge in [0, 0.05) is 12.2 Å². The molecule has 1 aromatic heterocycles. The number of halogens is 1. The number of aromatic nitrogens is 1. The van der Waals surface area contributed by atoms with Crippen molar-refractivity contribution in [2.45, 2.75) is 26.3 Å². The summed E-state index contributed by atoms with van der Waals surface area (Å²) in [6.45, 7) is 4.25. The molecular formula is C18H22ClN3O2. The molecule has 0 saturated carbocycles. The third-order valence-corrected chi connectivity index (χ3v) is 4.17. The topological polar surface area (TPSA) is 77.2 Å². The molecule has 5 nitrogen and oxygen atoms in total. The zero-order valence-corrected chi connectivity index (χ0v) is 14.8. The number of carbonyl (C=O) groups is 1. The predicted molar refractivity (Wildman–Crippen MR) is 96.7 cm³/mol. The van der Waals surface area contributed by atoms with Crippen LogP contribution < -0.4 is 15.8 Å². The lowest BCUT2D eigenvalue weighted by molar-refractivity contribution is 0.1000. The molecule has 24 heavy (non-hydrogen) atoms.